The minimum atomic E-state index is -0.0503. The number of rotatable bonds is 6. The summed E-state index contributed by atoms with van der Waals surface area (Å²) in [6.07, 6.45) is 0. The van der Waals surface area contributed by atoms with Crippen molar-refractivity contribution in [3.05, 3.63) is 28.2 Å². The summed E-state index contributed by atoms with van der Waals surface area (Å²) in [7, 11) is 0. The molecule has 1 aromatic heterocycles. The first-order chi connectivity index (χ1) is 10.1. The highest BCUT2D eigenvalue weighted by molar-refractivity contribution is 9.10. The second-order valence-electron chi connectivity index (χ2n) is 4.20. The first-order valence-corrected chi connectivity index (χ1v) is 8.94. The fourth-order valence-electron chi connectivity index (χ4n) is 1.57. The lowest BCUT2D eigenvalue weighted by atomic mass is 10.2. The van der Waals surface area contributed by atoms with E-state index < -0.39 is 0 Å². The summed E-state index contributed by atoms with van der Waals surface area (Å²) in [6.45, 7) is 4.77. The minimum absolute atomic E-state index is 0.0503. The topological polar surface area (TPSA) is 66.9 Å². The van der Waals surface area contributed by atoms with Crippen LogP contribution in [0.2, 0.25) is 0 Å². The van der Waals surface area contributed by atoms with E-state index in [9.17, 15) is 4.79 Å². The van der Waals surface area contributed by atoms with E-state index in [2.05, 4.69) is 36.8 Å². The first-order valence-electron chi connectivity index (χ1n) is 6.34. The molecule has 0 saturated heterocycles. The molecule has 0 aliphatic heterocycles. The largest absolute Gasteiger partial charge is 0.360 e. The van der Waals surface area contributed by atoms with E-state index in [1.54, 1.807) is 0 Å². The maximum Gasteiger partial charge on any atom is 0.234 e. The van der Waals surface area contributed by atoms with Gasteiger partial charge in [0, 0.05) is 16.7 Å². The van der Waals surface area contributed by atoms with Crippen molar-refractivity contribution in [1.82, 2.24) is 10.2 Å². The highest BCUT2D eigenvalue weighted by Crippen LogP contribution is 2.26. The van der Waals surface area contributed by atoms with E-state index in [1.165, 1.54) is 23.1 Å². The normalized spacial score (nSPS) is 10.4. The van der Waals surface area contributed by atoms with Crippen molar-refractivity contribution in [2.24, 2.45) is 0 Å². The molecule has 21 heavy (non-hydrogen) atoms. The molecule has 112 valence electrons. The van der Waals surface area contributed by atoms with Crippen molar-refractivity contribution in [2.75, 3.05) is 22.9 Å². The summed E-state index contributed by atoms with van der Waals surface area (Å²) < 4.78 is 1.78. The Hall–Kier alpha value is -1.12. The number of halogens is 1. The lowest BCUT2D eigenvalue weighted by Gasteiger charge is -2.07. The molecule has 2 N–H and O–H groups in total. The van der Waals surface area contributed by atoms with Gasteiger partial charge in [-0.25, -0.2) is 0 Å². The molecule has 1 heterocycles. The smallest absolute Gasteiger partial charge is 0.234 e. The van der Waals surface area contributed by atoms with Crippen LogP contribution in [0.4, 0.5) is 10.8 Å². The van der Waals surface area contributed by atoms with Crippen LogP contribution in [0.5, 0.6) is 0 Å². The Kier molecular flexibility index (Phi) is 6.01. The van der Waals surface area contributed by atoms with Gasteiger partial charge in [0.05, 0.1) is 5.75 Å². The Balaban J connectivity index is 1.86. The molecule has 0 unspecified atom stereocenters. The number of carbonyl (C=O) groups excluding carboxylic acids is 1. The van der Waals surface area contributed by atoms with Crippen molar-refractivity contribution >= 4 is 55.8 Å². The van der Waals surface area contributed by atoms with Crippen LogP contribution in [-0.4, -0.2) is 28.4 Å². The predicted octanol–water partition coefficient (Wildman–Crippen LogP) is 3.77. The average molecular weight is 387 g/mol. The molecular formula is C13H15BrN4OS2. The molecule has 0 fully saturated rings. The van der Waals surface area contributed by atoms with E-state index in [4.69, 9.17) is 0 Å². The van der Waals surface area contributed by atoms with Crippen LogP contribution in [0.15, 0.2) is 27.0 Å². The maximum atomic E-state index is 12.0. The second-order valence-corrected chi connectivity index (χ2v) is 7.32. The Morgan fingerprint density at radius 2 is 2.24 bits per heavy atom. The molecule has 0 bridgehead atoms. The molecule has 0 aliphatic rings. The number of aromatic nitrogens is 2. The lowest BCUT2D eigenvalue weighted by molar-refractivity contribution is -0.113. The van der Waals surface area contributed by atoms with Crippen LogP contribution >= 0.6 is 39.0 Å². The quantitative estimate of drug-likeness (QED) is 0.739. The Morgan fingerprint density at radius 1 is 1.43 bits per heavy atom. The monoisotopic (exact) mass is 386 g/mol. The second kappa shape index (κ2) is 7.77. The minimum Gasteiger partial charge on any atom is -0.360 e. The fraction of sp³-hybridized carbons (Fsp3) is 0.308. The fourth-order valence-corrected chi connectivity index (χ4v) is 3.67. The number of nitrogens with one attached hydrogen (secondary N) is 2. The highest BCUT2D eigenvalue weighted by atomic mass is 79.9. The number of aryl methyl sites for hydroxylation is 1. The number of benzene rings is 1. The van der Waals surface area contributed by atoms with Gasteiger partial charge in [0.1, 0.15) is 0 Å². The molecule has 8 heteroatoms. The molecule has 0 spiro atoms. The summed E-state index contributed by atoms with van der Waals surface area (Å²) in [4.78, 5) is 12.0. The number of hydrogen-bond donors (Lipinski definition) is 2. The number of carbonyl (C=O) groups is 1. The molecular weight excluding hydrogens is 372 g/mol. The molecule has 2 rings (SSSR count). The van der Waals surface area contributed by atoms with Crippen LogP contribution in [0.1, 0.15) is 12.5 Å². The molecule has 1 amide bonds. The number of hydrogen-bond acceptors (Lipinski definition) is 6. The van der Waals surface area contributed by atoms with Gasteiger partial charge in [0.2, 0.25) is 11.0 Å². The Labute approximate surface area is 140 Å². The van der Waals surface area contributed by atoms with Gasteiger partial charge in [-0.1, -0.05) is 39.0 Å². The van der Waals surface area contributed by atoms with Crippen LogP contribution in [0.25, 0.3) is 0 Å². The van der Waals surface area contributed by atoms with Crippen molar-refractivity contribution in [3.8, 4) is 0 Å². The third-order valence-electron chi connectivity index (χ3n) is 2.52. The summed E-state index contributed by atoms with van der Waals surface area (Å²) >= 11 is 6.24. The highest BCUT2D eigenvalue weighted by Gasteiger charge is 2.09. The first kappa shape index (κ1) is 16.3. The SMILES string of the molecule is CCNc1nnc(SCC(=O)Nc2ccc(Br)cc2C)s1. The summed E-state index contributed by atoms with van der Waals surface area (Å²) in [6, 6.07) is 5.76. The van der Waals surface area contributed by atoms with Crippen LogP contribution in [0.3, 0.4) is 0 Å². The van der Waals surface area contributed by atoms with Crippen LogP contribution < -0.4 is 10.6 Å². The van der Waals surface area contributed by atoms with Crippen molar-refractivity contribution in [2.45, 2.75) is 18.2 Å². The van der Waals surface area contributed by atoms with Crippen molar-refractivity contribution < 1.29 is 4.79 Å². The molecule has 5 nitrogen and oxygen atoms in total. The predicted molar refractivity (Wildman–Crippen MR) is 92.3 cm³/mol. The number of thioether (sulfide) groups is 1. The van der Waals surface area contributed by atoms with Crippen molar-refractivity contribution in [3.63, 3.8) is 0 Å². The van der Waals surface area contributed by atoms with Crippen molar-refractivity contribution in [1.29, 1.82) is 0 Å². The summed E-state index contributed by atoms with van der Waals surface area (Å²) in [5.74, 6) is 0.265. The van der Waals surface area contributed by atoms with Gasteiger partial charge in [0.25, 0.3) is 0 Å². The molecule has 0 saturated carbocycles. The van der Waals surface area contributed by atoms with E-state index in [-0.39, 0.29) is 5.91 Å². The number of nitrogens with zero attached hydrogens (tertiary/aromatic N) is 2. The third-order valence-corrected chi connectivity index (χ3v) is 5.03. The zero-order valence-corrected chi connectivity index (χ0v) is 14.9. The lowest BCUT2D eigenvalue weighted by Crippen LogP contribution is -2.14. The van der Waals surface area contributed by atoms with E-state index in [1.807, 2.05) is 32.0 Å². The summed E-state index contributed by atoms with van der Waals surface area (Å²) in [5.41, 5.74) is 1.85. The standard InChI is InChI=1S/C13H15BrN4OS2/c1-3-15-12-17-18-13(21-12)20-7-11(19)16-10-5-4-9(14)6-8(10)2/h4-6H,3,7H2,1-2H3,(H,15,17)(H,16,19). The maximum absolute atomic E-state index is 12.0. The molecule has 2 aromatic rings. The zero-order valence-electron chi connectivity index (χ0n) is 11.6. The average Bonchev–Trinajstić information content (AvgIpc) is 2.88. The summed E-state index contributed by atoms with van der Waals surface area (Å²) in [5, 5.41) is 14.8. The Bertz CT molecular complexity index is 632. The molecule has 0 aliphatic carbocycles. The van der Waals surface area contributed by atoms with Gasteiger partial charge in [-0.2, -0.15) is 0 Å². The molecule has 1 aromatic carbocycles. The molecule has 0 atom stereocenters. The van der Waals surface area contributed by atoms with Gasteiger partial charge in [0.15, 0.2) is 4.34 Å². The zero-order chi connectivity index (χ0) is 15.2. The van der Waals surface area contributed by atoms with E-state index >= 15 is 0 Å². The molecule has 0 radical (unpaired) electrons. The van der Waals surface area contributed by atoms with Crippen LogP contribution in [-0.2, 0) is 4.79 Å². The Morgan fingerprint density at radius 3 is 2.95 bits per heavy atom. The van der Waals surface area contributed by atoms with Gasteiger partial charge >= 0.3 is 0 Å². The van der Waals surface area contributed by atoms with E-state index in [0.29, 0.717) is 5.75 Å². The van der Waals surface area contributed by atoms with Gasteiger partial charge in [-0.15, -0.1) is 10.2 Å². The number of anilines is 2. The third kappa shape index (κ3) is 4.98. The van der Waals surface area contributed by atoms with Gasteiger partial charge in [-0.05, 0) is 37.6 Å². The van der Waals surface area contributed by atoms with Gasteiger partial charge in [-0.3, -0.25) is 4.79 Å². The van der Waals surface area contributed by atoms with Crippen LogP contribution in [0, 0.1) is 6.92 Å². The van der Waals surface area contributed by atoms with E-state index in [0.717, 1.165) is 31.7 Å². The van der Waals surface area contributed by atoms with Gasteiger partial charge < -0.3 is 10.6 Å². The number of amides is 1.